The van der Waals surface area contributed by atoms with Gasteiger partial charge in [-0.2, -0.15) is 11.8 Å². The zero-order chi connectivity index (χ0) is 17.3. The Kier molecular flexibility index (Phi) is 4.49. The number of aromatic nitrogens is 2. The number of carbonyl (C=O) groups is 2. The number of rotatable bonds is 5. The van der Waals surface area contributed by atoms with Crippen LogP contribution in [0, 0.1) is 0 Å². The van der Waals surface area contributed by atoms with Gasteiger partial charge in [-0.1, -0.05) is 12.1 Å². The monoisotopic (exact) mass is 351 g/mol. The summed E-state index contributed by atoms with van der Waals surface area (Å²) in [6.07, 6.45) is 1.78. The van der Waals surface area contributed by atoms with Gasteiger partial charge in [-0.15, -0.1) is 0 Å². The highest BCUT2D eigenvalue weighted by atomic mass is 32.2. The quantitative estimate of drug-likeness (QED) is 0.891. The number of para-hydroxylation sites is 2. The number of imidazole rings is 1. The van der Waals surface area contributed by atoms with E-state index >= 15 is 0 Å². The van der Waals surface area contributed by atoms with Crippen molar-refractivity contribution in [2.75, 3.05) is 19.3 Å². The molecule has 1 amide bonds. The summed E-state index contributed by atoms with van der Waals surface area (Å²) in [6, 6.07) is 7.53. The largest absolute Gasteiger partial charge is 0.479 e. The Morgan fingerprint density at radius 3 is 2.83 bits per heavy atom. The van der Waals surface area contributed by atoms with Crippen molar-refractivity contribution < 1.29 is 19.1 Å². The Morgan fingerprint density at radius 1 is 1.42 bits per heavy atom. The molecule has 1 fully saturated rings. The van der Waals surface area contributed by atoms with Crippen LogP contribution in [0.1, 0.15) is 12.2 Å². The molecule has 1 unspecified atom stereocenters. The van der Waals surface area contributed by atoms with Crippen molar-refractivity contribution in [3.8, 4) is 0 Å². The molecule has 3 rings (SSSR count). The van der Waals surface area contributed by atoms with Gasteiger partial charge in [0.15, 0.2) is 0 Å². The molecular formula is C16H18FN3O3S. The lowest BCUT2D eigenvalue weighted by Gasteiger charge is -2.19. The molecule has 1 aromatic carbocycles. The summed E-state index contributed by atoms with van der Waals surface area (Å²) in [7, 11) is 0. The van der Waals surface area contributed by atoms with Gasteiger partial charge in [0.2, 0.25) is 11.6 Å². The van der Waals surface area contributed by atoms with E-state index in [1.165, 1.54) is 4.90 Å². The lowest BCUT2D eigenvalue weighted by Crippen LogP contribution is -2.40. The number of benzene rings is 1. The highest BCUT2D eigenvalue weighted by Crippen LogP contribution is 2.27. The average Bonchev–Trinajstić information content (AvgIpc) is 3.11. The number of carboxylic acid groups (broad SMARTS) is 1. The molecule has 0 bridgehead atoms. The van der Waals surface area contributed by atoms with Crippen LogP contribution >= 0.6 is 11.8 Å². The van der Waals surface area contributed by atoms with Gasteiger partial charge in [-0.3, -0.25) is 4.79 Å². The second kappa shape index (κ2) is 6.43. The fourth-order valence-electron chi connectivity index (χ4n) is 2.94. The first-order valence-corrected chi connectivity index (χ1v) is 8.97. The van der Waals surface area contributed by atoms with Crippen molar-refractivity contribution in [1.29, 1.82) is 0 Å². The van der Waals surface area contributed by atoms with Crippen molar-refractivity contribution in [2.24, 2.45) is 0 Å². The molecule has 1 aromatic heterocycles. The van der Waals surface area contributed by atoms with Gasteiger partial charge in [0.05, 0.1) is 23.3 Å². The summed E-state index contributed by atoms with van der Waals surface area (Å²) < 4.78 is 16.0. The van der Waals surface area contributed by atoms with E-state index in [1.54, 1.807) is 11.8 Å². The van der Waals surface area contributed by atoms with E-state index in [0.717, 1.165) is 16.9 Å². The maximum Gasteiger partial charge on any atom is 0.343 e. The number of hydrogen-bond acceptors (Lipinski definition) is 4. The van der Waals surface area contributed by atoms with Crippen LogP contribution in [0.3, 0.4) is 0 Å². The Balaban J connectivity index is 1.83. The number of carboxylic acids is 1. The lowest BCUT2D eigenvalue weighted by molar-refractivity contribution is -0.150. The fourth-order valence-corrected chi connectivity index (χ4v) is 3.42. The molecule has 128 valence electrons. The van der Waals surface area contributed by atoms with E-state index in [4.69, 9.17) is 5.11 Å². The van der Waals surface area contributed by atoms with Crippen LogP contribution in [0.2, 0.25) is 0 Å². The van der Waals surface area contributed by atoms with Gasteiger partial charge in [-0.05, 0) is 18.4 Å². The van der Waals surface area contributed by atoms with Gasteiger partial charge < -0.3 is 14.6 Å². The van der Waals surface area contributed by atoms with E-state index in [0.29, 0.717) is 5.75 Å². The van der Waals surface area contributed by atoms with Gasteiger partial charge in [-0.25, -0.2) is 14.2 Å². The third-order valence-corrected chi connectivity index (χ3v) is 4.80. The molecule has 1 atom stereocenters. The Morgan fingerprint density at radius 2 is 2.17 bits per heavy atom. The van der Waals surface area contributed by atoms with Gasteiger partial charge >= 0.3 is 5.97 Å². The summed E-state index contributed by atoms with van der Waals surface area (Å²) in [5, 5.41) is 8.95. The average molecular weight is 351 g/mol. The van der Waals surface area contributed by atoms with Crippen molar-refractivity contribution in [3.63, 3.8) is 0 Å². The zero-order valence-electron chi connectivity index (χ0n) is 13.2. The molecule has 0 radical (unpaired) electrons. The number of fused-ring (bicyclic) bond motifs is 1. The second-order valence-corrected chi connectivity index (χ2v) is 6.74. The predicted octanol–water partition coefficient (Wildman–Crippen LogP) is 1.92. The first-order chi connectivity index (χ1) is 11.4. The van der Waals surface area contributed by atoms with Crippen molar-refractivity contribution in [2.45, 2.75) is 24.4 Å². The van der Waals surface area contributed by atoms with Crippen molar-refractivity contribution in [3.05, 3.63) is 30.1 Å². The number of nitrogens with zero attached hydrogens (tertiary/aromatic N) is 3. The molecule has 0 aliphatic carbocycles. The SMILES string of the molecule is CSCc1nc2ccccc2n1CC(=O)N1CCC(F)(C(=O)O)C1. The van der Waals surface area contributed by atoms with Crippen LogP contribution in [-0.2, 0) is 21.9 Å². The first-order valence-electron chi connectivity index (χ1n) is 7.58. The highest BCUT2D eigenvalue weighted by Gasteiger charge is 2.46. The summed E-state index contributed by atoms with van der Waals surface area (Å²) in [4.78, 5) is 29.4. The highest BCUT2D eigenvalue weighted by molar-refractivity contribution is 7.97. The van der Waals surface area contributed by atoms with E-state index < -0.39 is 18.2 Å². The molecule has 0 saturated carbocycles. The zero-order valence-corrected chi connectivity index (χ0v) is 14.1. The third-order valence-electron chi connectivity index (χ3n) is 4.26. The molecule has 2 heterocycles. The van der Waals surface area contributed by atoms with Crippen LogP contribution < -0.4 is 0 Å². The number of hydrogen-bond donors (Lipinski definition) is 1. The summed E-state index contributed by atoms with van der Waals surface area (Å²) >= 11 is 1.60. The van der Waals surface area contributed by atoms with Crippen LogP contribution in [-0.4, -0.2) is 56.4 Å². The topological polar surface area (TPSA) is 75.4 Å². The molecule has 1 saturated heterocycles. The van der Waals surface area contributed by atoms with E-state index in [-0.39, 0.29) is 25.4 Å². The maximum absolute atomic E-state index is 14.2. The minimum absolute atomic E-state index is 0.0338. The number of aliphatic carboxylic acids is 1. The Labute approximate surface area is 142 Å². The van der Waals surface area contributed by atoms with E-state index in [9.17, 15) is 14.0 Å². The van der Waals surface area contributed by atoms with Crippen molar-refractivity contribution >= 4 is 34.7 Å². The first kappa shape index (κ1) is 16.8. The smallest absolute Gasteiger partial charge is 0.343 e. The minimum atomic E-state index is -2.34. The van der Waals surface area contributed by atoms with Crippen LogP contribution in [0.4, 0.5) is 4.39 Å². The number of amides is 1. The number of carbonyl (C=O) groups excluding carboxylic acids is 1. The van der Waals surface area contributed by atoms with Gasteiger partial charge in [0.1, 0.15) is 12.4 Å². The van der Waals surface area contributed by atoms with Crippen LogP contribution in [0.25, 0.3) is 11.0 Å². The number of thioether (sulfide) groups is 1. The van der Waals surface area contributed by atoms with Gasteiger partial charge in [0, 0.05) is 13.0 Å². The number of halogens is 1. The van der Waals surface area contributed by atoms with Crippen LogP contribution in [0.5, 0.6) is 0 Å². The molecule has 8 heteroatoms. The standard InChI is InChI=1S/C16H18FN3O3S/c1-24-9-13-18-11-4-2-3-5-12(11)20(13)8-14(21)19-7-6-16(17,10-19)15(22)23/h2-5H,6-10H2,1H3,(H,22,23). The fraction of sp³-hybridized carbons (Fsp3) is 0.438. The van der Waals surface area contributed by atoms with Crippen LogP contribution in [0.15, 0.2) is 24.3 Å². The Hall–Kier alpha value is -2.09. The summed E-state index contributed by atoms with van der Waals surface area (Å²) in [6.45, 7) is -0.246. The van der Waals surface area contributed by atoms with E-state index in [2.05, 4.69) is 4.98 Å². The molecule has 0 spiro atoms. The summed E-state index contributed by atoms with van der Waals surface area (Å²) in [5.74, 6) is -0.361. The lowest BCUT2D eigenvalue weighted by atomic mass is 10.1. The van der Waals surface area contributed by atoms with Gasteiger partial charge in [0.25, 0.3) is 0 Å². The number of alkyl halides is 1. The molecule has 1 aliphatic rings. The molecular weight excluding hydrogens is 333 g/mol. The maximum atomic E-state index is 14.2. The third kappa shape index (κ3) is 2.98. The Bertz CT molecular complexity index is 794. The second-order valence-electron chi connectivity index (χ2n) is 5.87. The van der Waals surface area contributed by atoms with Crippen molar-refractivity contribution in [1.82, 2.24) is 14.5 Å². The minimum Gasteiger partial charge on any atom is -0.479 e. The molecule has 24 heavy (non-hydrogen) atoms. The normalized spacial score (nSPS) is 20.7. The van der Waals surface area contributed by atoms with E-state index in [1.807, 2.05) is 35.1 Å². The predicted molar refractivity (Wildman–Crippen MR) is 89.6 cm³/mol. The molecule has 1 aliphatic heterocycles. The molecule has 1 N–H and O–H groups in total. The number of likely N-dealkylation sites (tertiary alicyclic amines) is 1. The molecule has 6 nitrogen and oxygen atoms in total. The summed E-state index contributed by atoms with van der Waals surface area (Å²) in [5.41, 5.74) is -0.686. The molecule has 2 aromatic rings.